The molecule has 2 N–H and O–H groups in total. The number of aryl methyl sites for hydroxylation is 2. The number of rotatable bonds is 2. The summed E-state index contributed by atoms with van der Waals surface area (Å²) in [4.78, 5) is 12.7. The highest BCUT2D eigenvalue weighted by Gasteiger charge is 2.29. The van der Waals surface area contributed by atoms with E-state index in [0.717, 1.165) is 11.1 Å². The summed E-state index contributed by atoms with van der Waals surface area (Å²) in [6.07, 6.45) is 1.58. The van der Waals surface area contributed by atoms with Crippen LogP contribution in [-0.2, 0) is 4.79 Å². The van der Waals surface area contributed by atoms with Gasteiger partial charge in [0.25, 0.3) is 5.91 Å². The molecule has 3 rings (SSSR count). The third-order valence-electron chi connectivity index (χ3n) is 4.11. The van der Waals surface area contributed by atoms with Crippen LogP contribution in [0, 0.1) is 13.8 Å². The summed E-state index contributed by atoms with van der Waals surface area (Å²) in [7, 11) is 0. The van der Waals surface area contributed by atoms with E-state index in [4.69, 9.17) is 0 Å². The number of hydrogen-bond donors (Lipinski definition) is 2. The Balaban J connectivity index is 1.98. The number of carbonyl (C=O) groups is 1. The van der Waals surface area contributed by atoms with Crippen LogP contribution in [0.2, 0.25) is 0 Å². The number of amides is 1. The lowest BCUT2D eigenvalue weighted by atomic mass is 10.1. The fourth-order valence-electron chi connectivity index (χ4n) is 2.53. The highest BCUT2D eigenvalue weighted by atomic mass is 16.3. The Morgan fingerprint density at radius 2 is 1.75 bits per heavy atom. The monoisotopic (exact) mass is 322 g/mol. The number of hydrazone groups is 1. The zero-order chi connectivity index (χ0) is 17.4. The van der Waals surface area contributed by atoms with E-state index in [1.807, 2.05) is 32.0 Å². The quantitative estimate of drug-likeness (QED) is 0.831. The Morgan fingerprint density at radius 1 is 1.00 bits per heavy atom. The molecule has 1 aliphatic rings. The van der Waals surface area contributed by atoms with Crippen LogP contribution in [0.5, 0.6) is 11.5 Å². The van der Waals surface area contributed by atoms with Gasteiger partial charge in [0.1, 0.15) is 11.5 Å². The molecular weight excluding hydrogens is 304 g/mol. The maximum Gasteiger partial charge on any atom is 0.280 e. The van der Waals surface area contributed by atoms with Gasteiger partial charge in [-0.1, -0.05) is 6.07 Å². The standard InChI is InChI=1S/C19H18N2O3/c1-11-4-6-15(8-12(11)2)21-19(24)17(13(3)20-21)9-14-5-7-16(22)10-18(14)23/h4-10,22-23H,1-3H3/b17-9-. The zero-order valence-corrected chi connectivity index (χ0v) is 13.7. The van der Waals surface area contributed by atoms with Crippen molar-refractivity contribution >= 4 is 23.4 Å². The van der Waals surface area contributed by atoms with E-state index in [1.165, 1.54) is 17.1 Å². The number of anilines is 1. The summed E-state index contributed by atoms with van der Waals surface area (Å²) in [5, 5.41) is 25.0. The molecule has 5 nitrogen and oxygen atoms in total. The van der Waals surface area contributed by atoms with Crippen molar-refractivity contribution in [3.63, 3.8) is 0 Å². The summed E-state index contributed by atoms with van der Waals surface area (Å²) in [6, 6.07) is 9.98. The fraction of sp³-hybridized carbons (Fsp3) is 0.158. The molecule has 0 saturated carbocycles. The predicted molar refractivity (Wildman–Crippen MR) is 94.3 cm³/mol. The average molecular weight is 322 g/mol. The van der Waals surface area contributed by atoms with Crippen LogP contribution in [0.25, 0.3) is 6.08 Å². The molecule has 0 aliphatic carbocycles. The van der Waals surface area contributed by atoms with Gasteiger partial charge in [-0.3, -0.25) is 4.79 Å². The Morgan fingerprint density at radius 3 is 2.42 bits per heavy atom. The molecule has 0 fully saturated rings. The Labute approximate surface area is 140 Å². The summed E-state index contributed by atoms with van der Waals surface area (Å²) in [5.41, 5.74) is 4.38. The molecule has 0 radical (unpaired) electrons. The maximum atomic E-state index is 12.7. The highest BCUT2D eigenvalue weighted by Crippen LogP contribution is 2.29. The molecule has 0 atom stereocenters. The van der Waals surface area contributed by atoms with Crippen molar-refractivity contribution in [2.45, 2.75) is 20.8 Å². The van der Waals surface area contributed by atoms with Gasteiger partial charge in [0.05, 0.1) is 17.0 Å². The molecule has 5 heteroatoms. The van der Waals surface area contributed by atoms with Crippen LogP contribution in [0.15, 0.2) is 47.1 Å². The van der Waals surface area contributed by atoms with Crippen molar-refractivity contribution in [1.82, 2.24) is 0 Å². The van der Waals surface area contributed by atoms with E-state index in [-0.39, 0.29) is 17.4 Å². The Bertz CT molecular complexity index is 897. The van der Waals surface area contributed by atoms with E-state index in [1.54, 1.807) is 19.1 Å². The van der Waals surface area contributed by atoms with Gasteiger partial charge in [0, 0.05) is 11.6 Å². The normalized spacial score (nSPS) is 16.0. The van der Waals surface area contributed by atoms with Crippen molar-refractivity contribution in [2.75, 3.05) is 5.01 Å². The third kappa shape index (κ3) is 2.76. The zero-order valence-electron chi connectivity index (χ0n) is 13.7. The molecule has 0 saturated heterocycles. The predicted octanol–water partition coefficient (Wildman–Crippen LogP) is 3.52. The second-order valence-electron chi connectivity index (χ2n) is 5.87. The van der Waals surface area contributed by atoms with Crippen LogP contribution in [-0.4, -0.2) is 21.8 Å². The van der Waals surface area contributed by atoms with Gasteiger partial charge in [-0.25, -0.2) is 0 Å². The van der Waals surface area contributed by atoms with Crippen LogP contribution < -0.4 is 5.01 Å². The maximum absolute atomic E-state index is 12.7. The van der Waals surface area contributed by atoms with Crippen molar-refractivity contribution in [2.24, 2.45) is 5.10 Å². The first-order valence-corrected chi connectivity index (χ1v) is 7.58. The number of phenols is 2. The number of benzene rings is 2. The van der Waals surface area contributed by atoms with Crippen molar-refractivity contribution in [1.29, 1.82) is 0 Å². The number of phenolic OH excluding ortho intramolecular Hbond substituents is 2. The fourth-order valence-corrected chi connectivity index (χ4v) is 2.53. The molecule has 2 aromatic rings. The largest absolute Gasteiger partial charge is 0.508 e. The molecule has 0 unspecified atom stereocenters. The van der Waals surface area contributed by atoms with Gasteiger partial charge >= 0.3 is 0 Å². The molecule has 0 bridgehead atoms. The van der Waals surface area contributed by atoms with E-state index in [0.29, 0.717) is 22.5 Å². The average Bonchev–Trinajstić information content (AvgIpc) is 2.80. The number of nitrogens with zero attached hydrogens (tertiary/aromatic N) is 2. The van der Waals surface area contributed by atoms with Gasteiger partial charge in [0.2, 0.25) is 0 Å². The Hall–Kier alpha value is -3.08. The SMILES string of the molecule is CC1=NN(c2ccc(C)c(C)c2)C(=O)/C1=C\c1ccc(O)cc1O. The molecular formula is C19H18N2O3. The van der Waals surface area contributed by atoms with Crippen LogP contribution >= 0.6 is 0 Å². The molecule has 1 amide bonds. The molecule has 1 aliphatic heterocycles. The highest BCUT2D eigenvalue weighted by molar-refractivity contribution is 6.32. The van der Waals surface area contributed by atoms with Gasteiger partial charge in [-0.15, -0.1) is 0 Å². The lowest BCUT2D eigenvalue weighted by Crippen LogP contribution is -2.21. The van der Waals surface area contributed by atoms with Crippen LogP contribution in [0.3, 0.4) is 0 Å². The Kier molecular flexibility index (Phi) is 3.85. The van der Waals surface area contributed by atoms with E-state index < -0.39 is 0 Å². The second kappa shape index (κ2) is 5.85. The van der Waals surface area contributed by atoms with Crippen LogP contribution in [0.1, 0.15) is 23.6 Å². The molecule has 0 spiro atoms. The summed E-state index contributed by atoms with van der Waals surface area (Å²) in [6.45, 7) is 5.75. The summed E-state index contributed by atoms with van der Waals surface area (Å²) < 4.78 is 0. The van der Waals surface area contributed by atoms with Gasteiger partial charge < -0.3 is 10.2 Å². The minimum atomic E-state index is -0.247. The van der Waals surface area contributed by atoms with E-state index in [2.05, 4.69) is 5.10 Å². The summed E-state index contributed by atoms with van der Waals surface area (Å²) >= 11 is 0. The lowest BCUT2D eigenvalue weighted by molar-refractivity contribution is -0.114. The minimum Gasteiger partial charge on any atom is -0.508 e. The molecule has 122 valence electrons. The van der Waals surface area contributed by atoms with Crippen LogP contribution in [0.4, 0.5) is 5.69 Å². The first-order chi connectivity index (χ1) is 11.4. The van der Waals surface area contributed by atoms with E-state index >= 15 is 0 Å². The number of aromatic hydroxyl groups is 2. The smallest absolute Gasteiger partial charge is 0.280 e. The van der Waals surface area contributed by atoms with Crippen molar-refractivity contribution in [3.05, 3.63) is 58.7 Å². The van der Waals surface area contributed by atoms with Crippen molar-refractivity contribution < 1.29 is 15.0 Å². The summed E-state index contributed by atoms with van der Waals surface area (Å²) in [5.74, 6) is -0.370. The molecule has 2 aromatic carbocycles. The van der Waals surface area contributed by atoms with Gasteiger partial charge in [0.15, 0.2) is 0 Å². The number of hydrogen-bond acceptors (Lipinski definition) is 4. The van der Waals surface area contributed by atoms with Crippen molar-refractivity contribution in [3.8, 4) is 11.5 Å². The first kappa shape index (κ1) is 15.8. The molecule has 1 heterocycles. The first-order valence-electron chi connectivity index (χ1n) is 7.58. The van der Waals surface area contributed by atoms with Gasteiger partial charge in [-0.05, 0) is 62.2 Å². The second-order valence-corrected chi connectivity index (χ2v) is 5.87. The molecule has 24 heavy (non-hydrogen) atoms. The number of carbonyl (C=O) groups excluding carboxylic acids is 1. The molecule has 0 aromatic heterocycles. The topological polar surface area (TPSA) is 73.1 Å². The van der Waals surface area contributed by atoms with Gasteiger partial charge in [-0.2, -0.15) is 10.1 Å². The lowest BCUT2D eigenvalue weighted by Gasteiger charge is -2.13. The third-order valence-corrected chi connectivity index (χ3v) is 4.11. The minimum absolute atomic E-state index is 0.0328. The van der Waals surface area contributed by atoms with E-state index in [9.17, 15) is 15.0 Å².